The average molecular weight is 431 g/mol. The number of carbonyl (C=O) groups excluding carboxylic acids is 1. The van der Waals surface area contributed by atoms with E-state index in [2.05, 4.69) is 20.8 Å². The Balaban J connectivity index is 2.01. The lowest BCUT2D eigenvalue weighted by Crippen LogP contribution is -2.01. The Labute approximate surface area is 175 Å². The minimum Gasteiger partial charge on any atom is -0.460 e. The maximum absolute atomic E-state index is 11.1. The van der Waals surface area contributed by atoms with Crippen LogP contribution < -0.4 is 0 Å². The standard InChI is InChI=1S/C20H30O2S4/c1-5-7-9-11-16-17(12-10-8-6-2)25-20(24-16)19-23-14(3)18(26-19)13-22-15(4)21/h5-13H2,1-4H3. The topological polar surface area (TPSA) is 26.3 Å². The fraction of sp³-hybridized carbons (Fsp3) is 0.650. The summed E-state index contributed by atoms with van der Waals surface area (Å²) >= 11 is 7.64. The second kappa shape index (κ2) is 11.8. The molecule has 0 atom stereocenters. The van der Waals surface area contributed by atoms with E-state index in [0.29, 0.717) is 6.61 Å². The SMILES string of the molecule is CCCCCC1=C(CCCCC)SC(=C2SC(C)=C(COC(C)=O)S2)S1. The van der Waals surface area contributed by atoms with Gasteiger partial charge in [-0.3, -0.25) is 4.79 Å². The first kappa shape index (κ1) is 22.4. The van der Waals surface area contributed by atoms with Crippen LogP contribution in [0.5, 0.6) is 0 Å². The van der Waals surface area contributed by atoms with E-state index >= 15 is 0 Å². The van der Waals surface area contributed by atoms with Crippen LogP contribution in [0.1, 0.15) is 79.1 Å². The lowest BCUT2D eigenvalue weighted by molar-refractivity contribution is -0.139. The van der Waals surface area contributed by atoms with E-state index in [1.807, 2.05) is 35.3 Å². The number of ether oxygens (including phenoxy) is 1. The van der Waals surface area contributed by atoms with E-state index in [1.54, 1.807) is 21.6 Å². The van der Waals surface area contributed by atoms with Crippen LogP contribution in [-0.2, 0) is 9.53 Å². The van der Waals surface area contributed by atoms with Gasteiger partial charge in [0, 0.05) is 26.5 Å². The van der Waals surface area contributed by atoms with E-state index in [0.717, 1.165) is 0 Å². The average Bonchev–Trinajstić information content (AvgIpc) is 3.17. The second-order valence-corrected chi connectivity index (χ2v) is 11.6. The summed E-state index contributed by atoms with van der Waals surface area (Å²) in [5.41, 5.74) is 0. The first-order valence-corrected chi connectivity index (χ1v) is 12.8. The van der Waals surface area contributed by atoms with Crippen LogP contribution >= 0.6 is 47.0 Å². The Hall–Kier alpha value is 0.0900. The lowest BCUT2D eigenvalue weighted by Gasteiger charge is -2.04. The Morgan fingerprint density at radius 2 is 1.31 bits per heavy atom. The van der Waals surface area contributed by atoms with Crippen molar-refractivity contribution in [1.29, 1.82) is 0 Å². The summed E-state index contributed by atoms with van der Waals surface area (Å²) < 4.78 is 8.02. The van der Waals surface area contributed by atoms with Crippen molar-refractivity contribution in [2.45, 2.75) is 79.1 Å². The fourth-order valence-corrected chi connectivity index (χ4v) is 8.43. The van der Waals surface area contributed by atoms with Crippen molar-refractivity contribution in [3.8, 4) is 0 Å². The molecular formula is C20H30O2S4. The van der Waals surface area contributed by atoms with Gasteiger partial charge < -0.3 is 4.74 Å². The molecule has 0 spiro atoms. The molecule has 0 bridgehead atoms. The minimum atomic E-state index is -0.209. The van der Waals surface area contributed by atoms with E-state index in [4.69, 9.17) is 4.74 Å². The molecule has 6 heteroatoms. The molecule has 2 heterocycles. The fourth-order valence-electron chi connectivity index (χ4n) is 2.68. The predicted molar refractivity (Wildman–Crippen MR) is 122 cm³/mol. The molecule has 0 radical (unpaired) electrons. The van der Waals surface area contributed by atoms with Crippen molar-refractivity contribution in [2.24, 2.45) is 0 Å². The number of allylic oxidation sites excluding steroid dienone is 3. The third-order valence-electron chi connectivity index (χ3n) is 4.19. The Bertz CT molecular complexity index is 581. The highest BCUT2D eigenvalue weighted by atomic mass is 32.2. The van der Waals surface area contributed by atoms with Crippen molar-refractivity contribution < 1.29 is 9.53 Å². The normalized spacial score (nSPS) is 17.7. The molecule has 2 aliphatic heterocycles. The van der Waals surface area contributed by atoms with E-state index in [1.165, 1.54) is 76.6 Å². The van der Waals surface area contributed by atoms with Gasteiger partial charge in [-0.15, -0.1) is 0 Å². The van der Waals surface area contributed by atoms with Gasteiger partial charge >= 0.3 is 5.97 Å². The molecule has 2 rings (SSSR count). The van der Waals surface area contributed by atoms with Crippen molar-refractivity contribution >= 4 is 53.0 Å². The van der Waals surface area contributed by atoms with Gasteiger partial charge in [-0.25, -0.2) is 0 Å². The molecule has 2 nitrogen and oxygen atoms in total. The van der Waals surface area contributed by atoms with Crippen LogP contribution in [0.2, 0.25) is 0 Å². The molecular weight excluding hydrogens is 400 g/mol. The van der Waals surface area contributed by atoms with Crippen molar-refractivity contribution in [3.63, 3.8) is 0 Å². The van der Waals surface area contributed by atoms with Crippen molar-refractivity contribution in [2.75, 3.05) is 6.61 Å². The highest BCUT2D eigenvalue weighted by molar-refractivity contribution is 8.34. The quantitative estimate of drug-likeness (QED) is 0.256. The molecule has 0 saturated heterocycles. The van der Waals surface area contributed by atoms with Crippen LogP contribution in [0.15, 0.2) is 28.1 Å². The van der Waals surface area contributed by atoms with Crippen LogP contribution in [0.25, 0.3) is 0 Å². The zero-order chi connectivity index (χ0) is 18.9. The monoisotopic (exact) mass is 430 g/mol. The lowest BCUT2D eigenvalue weighted by atomic mass is 10.1. The molecule has 0 aromatic carbocycles. The summed E-state index contributed by atoms with van der Waals surface area (Å²) in [5, 5.41) is 0. The summed E-state index contributed by atoms with van der Waals surface area (Å²) in [7, 11) is 0. The van der Waals surface area contributed by atoms with E-state index in [-0.39, 0.29) is 5.97 Å². The largest absolute Gasteiger partial charge is 0.460 e. The summed E-state index contributed by atoms with van der Waals surface area (Å²) in [4.78, 5) is 16.8. The van der Waals surface area contributed by atoms with Gasteiger partial charge in [0.05, 0.1) is 8.47 Å². The molecule has 26 heavy (non-hydrogen) atoms. The molecule has 0 aromatic heterocycles. The first-order chi connectivity index (χ1) is 12.5. The minimum absolute atomic E-state index is 0.209. The third-order valence-corrected chi connectivity index (χ3v) is 10.1. The first-order valence-electron chi connectivity index (χ1n) is 9.55. The molecule has 0 aromatic rings. The van der Waals surface area contributed by atoms with Gasteiger partial charge in [-0.1, -0.05) is 86.6 Å². The van der Waals surface area contributed by atoms with Crippen LogP contribution in [0.3, 0.4) is 0 Å². The molecule has 0 fully saturated rings. The number of carbonyl (C=O) groups is 1. The third kappa shape index (κ3) is 6.92. The molecule has 2 aliphatic rings. The smallest absolute Gasteiger partial charge is 0.302 e. The summed E-state index contributed by atoms with van der Waals surface area (Å²) in [6.07, 6.45) is 10.2. The van der Waals surface area contributed by atoms with Crippen LogP contribution in [0, 0.1) is 0 Å². The summed E-state index contributed by atoms with van der Waals surface area (Å²) in [6.45, 7) is 8.55. The van der Waals surface area contributed by atoms with Crippen molar-refractivity contribution in [3.05, 3.63) is 28.1 Å². The zero-order valence-corrected chi connectivity index (χ0v) is 19.6. The van der Waals surface area contributed by atoms with Crippen LogP contribution in [-0.4, -0.2) is 12.6 Å². The Morgan fingerprint density at radius 1 is 0.808 bits per heavy atom. The van der Waals surface area contributed by atoms with Gasteiger partial charge in [0.1, 0.15) is 6.61 Å². The van der Waals surface area contributed by atoms with Crippen LogP contribution in [0.4, 0.5) is 0 Å². The number of rotatable bonds is 10. The van der Waals surface area contributed by atoms with Gasteiger partial charge in [-0.05, 0) is 32.6 Å². The molecule has 146 valence electrons. The predicted octanol–water partition coefficient (Wildman–Crippen LogP) is 8.24. The number of esters is 1. The summed E-state index contributed by atoms with van der Waals surface area (Å²) in [5.74, 6) is -0.209. The van der Waals surface area contributed by atoms with Gasteiger partial charge in [-0.2, -0.15) is 0 Å². The van der Waals surface area contributed by atoms with Gasteiger partial charge in [0.15, 0.2) is 0 Å². The number of thioether (sulfide) groups is 4. The highest BCUT2D eigenvalue weighted by Gasteiger charge is 2.28. The Kier molecular flexibility index (Phi) is 10.2. The van der Waals surface area contributed by atoms with E-state index in [9.17, 15) is 4.79 Å². The Morgan fingerprint density at radius 3 is 1.81 bits per heavy atom. The molecule has 0 amide bonds. The number of hydrogen-bond donors (Lipinski definition) is 0. The second-order valence-electron chi connectivity index (χ2n) is 6.50. The number of hydrogen-bond acceptors (Lipinski definition) is 6. The van der Waals surface area contributed by atoms with Gasteiger partial charge in [0.25, 0.3) is 0 Å². The van der Waals surface area contributed by atoms with Crippen molar-refractivity contribution in [1.82, 2.24) is 0 Å². The molecule has 0 aliphatic carbocycles. The zero-order valence-electron chi connectivity index (χ0n) is 16.3. The van der Waals surface area contributed by atoms with E-state index < -0.39 is 0 Å². The maximum Gasteiger partial charge on any atom is 0.302 e. The maximum atomic E-state index is 11.1. The molecule has 0 N–H and O–H groups in total. The van der Waals surface area contributed by atoms with Gasteiger partial charge in [0.2, 0.25) is 0 Å². The highest BCUT2D eigenvalue weighted by Crippen LogP contribution is 2.61. The number of unbranched alkanes of at least 4 members (excludes halogenated alkanes) is 4. The summed E-state index contributed by atoms with van der Waals surface area (Å²) in [6, 6.07) is 0. The molecule has 0 unspecified atom stereocenters. The molecule has 0 saturated carbocycles.